The third-order valence-electron chi connectivity index (χ3n) is 5.12. The zero-order valence-electron chi connectivity index (χ0n) is 22.2. The van der Waals surface area contributed by atoms with E-state index in [-0.39, 0.29) is 22.6 Å². The molecule has 3 nitrogen and oxygen atoms in total. The maximum atomic E-state index is 15.1. The molecule has 5 heteroatoms. The van der Waals surface area contributed by atoms with E-state index < -0.39 is 27.0 Å². The molecule has 146 valence electrons. The molecule has 29 heavy (non-hydrogen) atoms. The van der Waals surface area contributed by atoms with Crippen molar-refractivity contribution in [1.82, 2.24) is 4.98 Å². The van der Waals surface area contributed by atoms with Crippen molar-refractivity contribution in [2.24, 2.45) is 0 Å². The summed E-state index contributed by atoms with van der Waals surface area (Å²) < 4.78 is 74.5. The van der Waals surface area contributed by atoms with Crippen LogP contribution in [0.3, 0.4) is 0 Å². The Labute approximate surface area is 179 Å². The zero-order valence-corrected chi connectivity index (χ0v) is 18.3. The number of para-hydroxylation sites is 1. The van der Waals surface area contributed by atoms with Crippen LogP contribution >= 0.6 is 0 Å². The first-order chi connectivity index (χ1) is 16.2. The standard InChI is InChI=1S/C24H22FGeNO2/c1-13-11-19(27-12-14(13)2)17-8-6-7-15-16-9-10-18-20(25)24(26(3,4)5)29-23(18)22(16)28-21(15)17/h6-12H,1-5H3/i1D3,2D3. The van der Waals surface area contributed by atoms with E-state index >= 15 is 4.39 Å². The molecule has 2 aromatic carbocycles. The minimum atomic E-state index is -2.64. The Balaban J connectivity index is 1.80. The molecular weight excluding hydrogens is 426 g/mol. The van der Waals surface area contributed by atoms with Gasteiger partial charge in [-0.15, -0.1) is 0 Å². The molecule has 0 atom stereocenters. The van der Waals surface area contributed by atoms with Crippen molar-refractivity contribution in [2.75, 3.05) is 0 Å². The Kier molecular flexibility index (Phi) is 2.75. The molecular formula is C24H22FGeNO2. The number of nitrogens with zero attached hydrogens (tertiary/aromatic N) is 1. The fraction of sp³-hybridized carbons (Fsp3) is 0.208. The van der Waals surface area contributed by atoms with Crippen LogP contribution < -0.4 is 4.59 Å². The Morgan fingerprint density at radius 1 is 0.897 bits per heavy atom. The summed E-state index contributed by atoms with van der Waals surface area (Å²) in [5, 5.41) is 1.82. The quantitative estimate of drug-likeness (QED) is 0.279. The van der Waals surface area contributed by atoms with Gasteiger partial charge in [0.25, 0.3) is 0 Å². The Morgan fingerprint density at radius 2 is 1.62 bits per heavy atom. The minimum absolute atomic E-state index is 0.265. The van der Waals surface area contributed by atoms with Crippen molar-refractivity contribution >= 4 is 50.8 Å². The number of rotatable bonds is 2. The molecule has 0 aliphatic rings. The molecule has 5 aromatic rings. The summed E-state index contributed by atoms with van der Waals surface area (Å²) in [6.45, 7) is -5.26. The first-order valence-electron chi connectivity index (χ1n) is 12.3. The van der Waals surface area contributed by atoms with Crippen LogP contribution in [0.2, 0.25) is 17.3 Å². The van der Waals surface area contributed by atoms with Gasteiger partial charge in [0, 0.05) is 4.11 Å². The Hall–Kier alpha value is -2.60. The number of fused-ring (bicyclic) bond motifs is 5. The number of aromatic nitrogens is 1. The first kappa shape index (κ1) is 12.9. The van der Waals surface area contributed by atoms with E-state index in [0.717, 1.165) is 17.0 Å². The molecule has 0 fully saturated rings. The molecule has 0 bridgehead atoms. The number of pyridine rings is 1. The van der Waals surface area contributed by atoms with Crippen LogP contribution in [0.5, 0.6) is 0 Å². The predicted octanol–water partition coefficient (Wildman–Crippen LogP) is 6.70. The van der Waals surface area contributed by atoms with Gasteiger partial charge in [-0.2, -0.15) is 0 Å². The average Bonchev–Trinajstić information content (AvgIpc) is 3.30. The van der Waals surface area contributed by atoms with Crippen LogP contribution in [0.15, 0.2) is 51.4 Å². The molecule has 3 aromatic heterocycles. The van der Waals surface area contributed by atoms with E-state index in [1.54, 1.807) is 24.3 Å². The van der Waals surface area contributed by atoms with Crippen LogP contribution in [0.4, 0.5) is 4.39 Å². The molecule has 0 amide bonds. The summed E-state index contributed by atoms with van der Waals surface area (Å²) in [7, 11) is 0. The van der Waals surface area contributed by atoms with Gasteiger partial charge in [-0.1, -0.05) is 0 Å². The molecule has 3 heterocycles. The van der Waals surface area contributed by atoms with Crippen LogP contribution in [0.25, 0.3) is 44.2 Å². The van der Waals surface area contributed by atoms with Crippen LogP contribution in [-0.2, 0) is 0 Å². The second-order valence-corrected chi connectivity index (χ2v) is 18.6. The van der Waals surface area contributed by atoms with E-state index in [9.17, 15) is 0 Å². The molecule has 0 aliphatic carbocycles. The maximum absolute atomic E-state index is 15.1. The van der Waals surface area contributed by atoms with Crippen LogP contribution in [0, 0.1) is 19.5 Å². The van der Waals surface area contributed by atoms with Crippen molar-refractivity contribution in [2.45, 2.75) is 31.0 Å². The fourth-order valence-electron chi connectivity index (χ4n) is 3.67. The molecule has 0 unspecified atom stereocenters. The molecule has 5 rings (SSSR count). The summed E-state index contributed by atoms with van der Waals surface area (Å²) in [5.74, 6) is 5.79. The van der Waals surface area contributed by atoms with Crippen LogP contribution in [-0.4, -0.2) is 18.3 Å². The molecule has 0 radical (unpaired) electrons. The van der Waals surface area contributed by atoms with E-state index in [1.165, 1.54) is 6.07 Å². The van der Waals surface area contributed by atoms with Gasteiger partial charge in [0.2, 0.25) is 0 Å². The second kappa shape index (κ2) is 6.20. The molecule has 0 saturated carbocycles. The molecule has 0 aliphatic heterocycles. The topological polar surface area (TPSA) is 39.2 Å². The van der Waals surface area contributed by atoms with E-state index in [4.69, 9.17) is 17.1 Å². The normalized spacial score (nSPS) is 16.4. The summed E-state index contributed by atoms with van der Waals surface area (Å²) in [4.78, 5) is 4.28. The second-order valence-electron chi connectivity index (χ2n) is 8.21. The van der Waals surface area contributed by atoms with Crippen LogP contribution in [0.1, 0.15) is 19.4 Å². The average molecular weight is 454 g/mol. The summed E-state index contributed by atoms with van der Waals surface area (Å²) in [5.41, 5.74) is 1.33. The van der Waals surface area contributed by atoms with Gasteiger partial charge in [0.05, 0.1) is 0 Å². The van der Waals surface area contributed by atoms with Gasteiger partial charge >= 0.3 is 175 Å². The van der Waals surface area contributed by atoms with Crippen molar-refractivity contribution in [3.8, 4) is 11.3 Å². The van der Waals surface area contributed by atoms with E-state index in [2.05, 4.69) is 4.98 Å². The number of halogens is 1. The van der Waals surface area contributed by atoms with Gasteiger partial charge in [-0.25, -0.2) is 0 Å². The SMILES string of the molecule is [2H]C([2H])([2H])c1cnc(-c2cccc3c2oc2c3ccc3c(F)[c]([Ge]([CH3])([CH3])[CH3])oc32)cc1C([2H])([2H])[2H]. The number of aryl methyl sites for hydroxylation is 2. The third kappa shape index (κ3) is 2.73. The van der Waals surface area contributed by atoms with Gasteiger partial charge in [-0.3, -0.25) is 0 Å². The van der Waals surface area contributed by atoms with E-state index in [0.29, 0.717) is 32.3 Å². The van der Waals surface area contributed by atoms with Crippen molar-refractivity contribution in [3.63, 3.8) is 0 Å². The summed E-state index contributed by atoms with van der Waals surface area (Å²) in [6, 6.07) is 10.1. The van der Waals surface area contributed by atoms with Crippen molar-refractivity contribution < 1.29 is 21.4 Å². The number of hydrogen-bond donors (Lipinski definition) is 0. The number of hydrogen-bond acceptors (Lipinski definition) is 3. The van der Waals surface area contributed by atoms with Crippen molar-refractivity contribution in [1.29, 1.82) is 0 Å². The van der Waals surface area contributed by atoms with Gasteiger partial charge in [-0.05, 0) is 0 Å². The Bertz CT molecular complexity index is 1630. The first-order valence-corrected chi connectivity index (χ1v) is 16.6. The molecule has 0 spiro atoms. The number of furan rings is 2. The summed E-state index contributed by atoms with van der Waals surface area (Å²) in [6.07, 6.45) is 1.09. The van der Waals surface area contributed by atoms with Crippen molar-refractivity contribution in [3.05, 3.63) is 59.5 Å². The van der Waals surface area contributed by atoms with Gasteiger partial charge < -0.3 is 0 Å². The zero-order chi connectivity index (χ0) is 25.5. The third-order valence-corrected chi connectivity index (χ3v) is 8.66. The van der Waals surface area contributed by atoms with E-state index in [1.807, 2.05) is 23.3 Å². The Morgan fingerprint density at radius 3 is 2.38 bits per heavy atom. The molecule has 0 N–H and O–H groups in total. The molecule has 0 saturated heterocycles. The van der Waals surface area contributed by atoms with Gasteiger partial charge in [0.1, 0.15) is 0 Å². The predicted molar refractivity (Wildman–Crippen MR) is 119 cm³/mol. The number of benzene rings is 2. The fourth-order valence-corrected chi connectivity index (χ4v) is 6.19. The monoisotopic (exact) mass is 455 g/mol. The summed E-state index contributed by atoms with van der Waals surface area (Å²) >= 11 is -2.63. The van der Waals surface area contributed by atoms with Gasteiger partial charge in [0.15, 0.2) is 0 Å².